The topological polar surface area (TPSA) is 137 Å². The number of aromatic nitrogens is 2. The van der Waals surface area contributed by atoms with E-state index < -0.39 is 42.0 Å². The lowest BCUT2D eigenvalue weighted by molar-refractivity contribution is -0.155. The Balaban J connectivity index is 2.17. The zero-order chi connectivity index (χ0) is 17.1. The second kappa shape index (κ2) is 6.65. The predicted molar refractivity (Wildman–Crippen MR) is 72.7 cm³/mol. The SMILES string of the molecule is CC(=O)OC[C@H]1O[C@@H](n2cc(C(=O)O)[nH]c2=O)C[C@@H]1OC(C)=O. The van der Waals surface area contributed by atoms with Gasteiger partial charge in [-0.3, -0.25) is 19.1 Å². The van der Waals surface area contributed by atoms with E-state index in [9.17, 15) is 19.2 Å². The van der Waals surface area contributed by atoms with Crippen LogP contribution in [-0.4, -0.2) is 51.4 Å². The number of hydrogen-bond donors (Lipinski definition) is 2. The molecule has 10 heteroatoms. The molecule has 1 fully saturated rings. The molecular formula is C13H16N2O8. The van der Waals surface area contributed by atoms with E-state index in [1.165, 1.54) is 13.8 Å². The third-order valence-corrected chi connectivity index (χ3v) is 3.23. The van der Waals surface area contributed by atoms with Crippen molar-refractivity contribution in [3.05, 3.63) is 22.4 Å². The van der Waals surface area contributed by atoms with E-state index in [0.29, 0.717) is 0 Å². The van der Waals surface area contributed by atoms with E-state index in [2.05, 4.69) is 4.98 Å². The van der Waals surface area contributed by atoms with Crippen LogP contribution in [-0.2, 0) is 23.8 Å². The maximum atomic E-state index is 11.8. The highest BCUT2D eigenvalue weighted by Crippen LogP contribution is 2.30. The Morgan fingerprint density at radius 3 is 2.61 bits per heavy atom. The van der Waals surface area contributed by atoms with Gasteiger partial charge in [0.05, 0.1) is 0 Å². The lowest BCUT2D eigenvalue weighted by Gasteiger charge is -2.17. The lowest BCUT2D eigenvalue weighted by Crippen LogP contribution is -2.31. The summed E-state index contributed by atoms with van der Waals surface area (Å²) in [6.07, 6.45) is -1.07. The highest BCUT2D eigenvalue weighted by Gasteiger charge is 2.40. The fourth-order valence-electron chi connectivity index (χ4n) is 2.29. The third kappa shape index (κ3) is 3.97. The molecule has 1 aromatic rings. The van der Waals surface area contributed by atoms with Gasteiger partial charge in [0.25, 0.3) is 0 Å². The van der Waals surface area contributed by atoms with Crippen molar-refractivity contribution >= 4 is 17.9 Å². The van der Waals surface area contributed by atoms with Gasteiger partial charge in [0.1, 0.15) is 30.7 Å². The summed E-state index contributed by atoms with van der Waals surface area (Å²) < 4.78 is 16.6. The minimum absolute atomic E-state index is 0.127. The molecule has 2 rings (SSSR count). The van der Waals surface area contributed by atoms with Gasteiger partial charge in [0, 0.05) is 26.5 Å². The Kier molecular flexibility index (Phi) is 4.84. The highest BCUT2D eigenvalue weighted by atomic mass is 16.6. The van der Waals surface area contributed by atoms with Crippen molar-refractivity contribution in [3.63, 3.8) is 0 Å². The van der Waals surface area contributed by atoms with Crippen molar-refractivity contribution in [2.75, 3.05) is 6.61 Å². The summed E-state index contributed by atoms with van der Waals surface area (Å²) >= 11 is 0. The number of hydrogen-bond acceptors (Lipinski definition) is 7. The van der Waals surface area contributed by atoms with Crippen LogP contribution in [0.2, 0.25) is 0 Å². The van der Waals surface area contributed by atoms with Gasteiger partial charge in [0.2, 0.25) is 0 Å². The second-order valence-corrected chi connectivity index (χ2v) is 5.00. The van der Waals surface area contributed by atoms with Crippen molar-refractivity contribution in [2.24, 2.45) is 0 Å². The summed E-state index contributed by atoms with van der Waals surface area (Å²) in [6, 6.07) is 0. The maximum absolute atomic E-state index is 11.8. The number of H-pyrrole nitrogens is 1. The molecule has 1 aliphatic rings. The lowest BCUT2D eigenvalue weighted by atomic mass is 10.2. The first kappa shape index (κ1) is 16.7. The first-order valence-corrected chi connectivity index (χ1v) is 6.78. The van der Waals surface area contributed by atoms with E-state index in [1.54, 1.807) is 0 Å². The van der Waals surface area contributed by atoms with Crippen LogP contribution in [0.5, 0.6) is 0 Å². The molecular weight excluding hydrogens is 312 g/mol. The number of carboxylic acid groups (broad SMARTS) is 1. The summed E-state index contributed by atoms with van der Waals surface area (Å²) in [5, 5.41) is 8.88. The van der Waals surface area contributed by atoms with Gasteiger partial charge in [-0.1, -0.05) is 0 Å². The van der Waals surface area contributed by atoms with Crippen molar-refractivity contribution in [1.82, 2.24) is 9.55 Å². The van der Waals surface area contributed by atoms with Gasteiger partial charge in [-0.25, -0.2) is 9.59 Å². The van der Waals surface area contributed by atoms with Gasteiger partial charge >= 0.3 is 23.6 Å². The van der Waals surface area contributed by atoms with Crippen LogP contribution < -0.4 is 5.69 Å². The quantitative estimate of drug-likeness (QED) is 0.700. The minimum atomic E-state index is -1.29. The van der Waals surface area contributed by atoms with Crippen LogP contribution in [0.1, 0.15) is 37.0 Å². The molecule has 126 valence electrons. The fourth-order valence-corrected chi connectivity index (χ4v) is 2.29. The van der Waals surface area contributed by atoms with E-state index >= 15 is 0 Å². The Hall–Kier alpha value is -2.62. The summed E-state index contributed by atoms with van der Waals surface area (Å²) in [5.74, 6) is -2.35. The zero-order valence-electron chi connectivity index (χ0n) is 12.5. The van der Waals surface area contributed by atoms with Gasteiger partial charge in [-0.2, -0.15) is 0 Å². The van der Waals surface area contributed by atoms with Crippen LogP contribution >= 0.6 is 0 Å². The number of aromatic carboxylic acids is 1. The smallest absolute Gasteiger partial charge is 0.353 e. The molecule has 0 radical (unpaired) electrons. The van der Waals surface area contributed by atoms with Crippen molar-refractivity contribution in [2.45, 2.75) is 38.7 Å². The number of ether oxygens (including phenoxy) is 3. The van der Waals surface area contributed by atoms with Crippen molar-refractivity contribution in [1.29, 1.82) is 0 Å². The zero-order valence-corrected chi connectivity index (χ0v) is 12.5. The van der Waals surface area contributed by atoms with E-state index in [1.807, 2.05) is 0 Å². The Labute approximate surface area is 129 Å². The standard InChI is InChI=1S/C13H16N2O8/c1-6(16)21-5-10-9(22-7(2)17)3-11(23-10)15-4-8(12(18)19)14-13(15)20/h4,9-11H,3,5H2,1-2H3,(H,14,20)(H,18,19)/t9-,10+,11+/m0/s1. The fraction of sp³-hybridized carbons (Fsp3) is 0.538. The van der Waals surface area contributed by atoms with E-state index in [-0.39, 0.29) is 18.7 Å². The first-order chi connectivity index (χ1) is 10.8. The number of carboxylic acids is 1. The number of esters is 2. The average molecular weight is 328 g/mol. The number of rotatable bonds is 5. The van der Waals surface area contributed by atoms with Crippen LogP contribution in [0.25, 0.3) is 0 Å². The monoisotopic (exact) mass is 328 g/mol. The number of carbonyl (C=O) groups is 3. The van der Waals surface area contributed by atoms with Crippen LogP contribution in [0.4, 0.5) is 0 Å². The van der Waals surface area contributed by atoms with Crippen LogP contribution in [0, 0.1) is 0 Å². The molecule has 0 bridgehead atoms. The molecule has 0 aliphatic carbocycles. The molecule has 2 heterocycles. The summed E-state index contributed by atoms with van der Waals surface area (Å²) in [7, 11) is 0. The van der Waals surface area contributed by atoms with Gasteiger partial charge in [-0.15, -0.1) is 0 Å². The molecule has 10 nitrogen and oxygen atoms in total. The highest BCUT2D eigenvalue weighted by molar-refractivity contribution is 5.84. The Morgan fingerprint density at radius 1 is 1.39 bits per heavy atom. The predicted octanol–water partition coefficient (Wildman–Crippen LogP) is -0.343. The number of aromatic amines is 1. The van der Waals surface area contributed by atoms with E-state index in [4.69, 9.17) is 19.3 Å². The summed E-state index contributed by atoms with van der Waals surface area (Å²) in [4.78, 5) is 46.9. The number of carbonyl (C=O) groups excluding carboxylic acids is 2. The normalized spacial score (nSPS) is 23.5. The van der Waals surface area contributed by atoms with Crippen LogP contribution in [0.3, 0.4) is 0 Å². The average Bonchev–Trinajstić information content (AvgIpc) is 2.99. The van der Waals surface area contributed by atoms with Gasteiger partial charge in [0.15, 0.2) is 0 Å². The number of nitrogens with one attached hydrogen (secondary N) is 1. The Bertz CT molecular complexity index is 676. The number of imidazole rings is 1. The van der Waals surface area contributed by atoms with Crippen molar-refractivity contribution in [3.8, 4) is 0 Å². The molecule has 23 heavy (non-hydrogen) atoms. The van der Waals surface area contributed by atoms with Crippen molar-refractivity contribution < 1.29 is 33.7 Å². The summed E-state index contributed by atoms with van der Waals surface area (Å²) in [6.45, 7) is 2.30. The molecule has 2 N–H and O–H groups in total. The minimum Gasteiger partial charge on any atom is -0.477 e. The molecule has 1 aliphatic heterocycles. The molecule has 0 unspecified atom stereocenters. The Morgan fingerprint density at radius 2 is 2.09 bits per heavy atom. The molecule has 3 atom stereocenters. The van der Waals surface area contributed by atoms with E-state index in [0.717, 1.165) is 10.8 Å². The van der Waals surface area contributed by atoms with Gasteiger partial charge < -0.3 is 19.3 Å². The first-order valence-electron chi connectivity index (χ1n) is 6.78. The molecule has 1 aromatic heterocycles. The third-order valence-electron chi connectivity index (χ3n) is 3.23. The molecule has 0 spiro atoms. The van der Waals surface area contributed by atoms with Crippen LogP contribution in [0.15, 0.2) is 11.0 Å². The molecule has 0 amide bonds. The molecule has 1 saturated heterocycles. The largest absolute Gasteiger partial charge is 0.477 e. The maximum Gasteiger partial charge on any atom is 0.353 e. The summed E-state index contributed by atoms with van der Waals surface area (Å²) in [5.41, 5.74) is -0.951. The van der Waals surface area contributed by atoms with Gasteiger partial charge in [-0.05, 0) is 0 Å². The second-order valence-electron chi connectivity index (χ2n) is 5.00. The molecule has 0 aromatic carbocycles. The molecule has 0 saturated carbocycles. The number of nitrogens with zero attached hydrogens (tertiary/aromatic N) is 1.